The second-order valence-corrected chi connectivity index (χ2v) is 5.76. The van der Waals surface area contributed by atoms with Crippen molar-refractivity contribution in [2.24, 2.45) is 21.5 Å². The Kier molecular flexibility index (Phi) is 5.92. The van der Waals surface area contributed by atoms with Crippen LogP contribution in [0.15, 0.2) is 28.2 Å². The summed E-state index contributed by atoms with van der Waals surface area (Å²) < 4.78 is 16.4. The number of guanidine groups is 2. The molecule has 9 heteroatoms. The predicted octanol–water partition coefficient (Wildman–Crippen LogP) is 1.09. The Morgan fingerprint density at radius 2 is 1.72 bits per heavy atom. The van der Waals surface area contributed by atoms with Crippen molar-refractivity contribution in [2.45, 2.75) is 25.9 Å². The van der Waals surface area contributed by atoms with Crippen LogP contribution in [0.5, 0.6) is 17.2 Å². The van der Waals surface area contributed by atoms with Crippen LogP contribution in [0.2, 0.25) is 0 Å². The van der Waals surface area contributed by atoms with E-state index in [0.717, 1.165) is 0 Å². The highest BCUT2D eigenvalue weighted by molar-refractivity contribution is 5.95. The van der Waals surface area contributed by atoms with Gasteiger partial charge in [-0.25, -0.2) is 4.99 Å². The second kappa shape index (κ2) is 7.93. The number of ether oxygens (including phenoxy) is 3. The Morgan fingerprint density at radius 1 is 1.08 bits per heavy atom. The van der Waals surface area contributed by atoms with Gasteiger partial charge in [-0.15, -0.1) is 0 Å². The first-order chi connectivity index (χ1) is 11.9. The first kappa shape index (κ1) is 18.7. The average molecular weight is 351 g/mol. The topological polar surface area (TPSA) is 117 Å². The van der Waals surface area contributed by atoms with Crippen molar-refractivity contribution in [1.82, 2.24) is 5.06 Å². The van der Waals surface area contributed by atoms with Crippen LogP contribution in [0.1, 0.15) is 20.3 Å². The van der Waals surface area contributed by atoms with Crippen LogP contribution in [-0.4, -0.2) is 50.1 Å². The van der Waals surface area contributed by atoms with E-state index in [1.165, 1.54) is 5.06 Å². The van der Waals surface area contributed by atoms with E-state index in [1.807, 2.05) is 32.0 Å². The molecule has 0 saturated heterocycles. The van der Waals surface area contributed by atoms with E-state index < -0.39 is 5.66 Å². The Balaban J connectivity index is 1.86. The first-order valence-corrected chi connectivity index (χ1v) is 7.85. The fraction of sp³-hybridized carbons (Fsp3) is 0.500. The van der Waals surface area contributed by atoms with E-state index in [1.54, 1.807) is 14.2 Å². The van der Waals surface area contributed by atoms with Crippen LogP contribution in [0, 0.1) is 0 Å². The third-order valence-corrected chi connectivity index (χ3v) is 3.46. The lowest BCUT2D eigenvalue weighted by Crippen LogP contribution is -2.53. The van der Waals surface area contributed by atoms with Gasteiger partial charge in [0.15, 0.2) is 17.2 Å². The van der Waals surface area contributed by atoms with E-state index in [9.17, 15) is 0 Å². The number of rotatable bonds is 8. The highest BCUT2D eigenvalue weighted by atomic mass is 16.7. The molecule has 1 heterocycles. The van der Waals surface area contributed by atoms with Gasteiger partial charge in [0.05, 0.1) is 27.4 Å². The molecule has 0 unspecified atom stereocenters. The maximum absolute atomic E-state index is 5.85. The maximum Gasteiger partial charge on any atom is 0.226 e. The molecule has 0 fully saturated rings. The quantitative estimate of drug-likeness (QED) is 0.673. The Hall–Kier alpha value is -2.68. The largest absolute Gasteiger partial charge is 0.493 e. The number of para-hydroxylation sites is 1. The van der Waals surface area contributed by atoms with Crippen LogP contribution in [0.4, 0.5) is 0 Å². The molecule has 4 N–H and O–H groups in total. The van der Waals surface area contributed by atoms with Crippen LogP contribution in [0.3, 0.4) is 0 Å². The third kappa shape index (κ3) is 4.44. The molecule has 1 aliphatic heterocycles. The lowest BCUT2D eigenvalue weighted by Gasteiger charge is -2.36. The van der Waals surface area contributed by atoms with Crippen molar-refractivity contribution >= 4 is 11.9 Å². The van der Waals surface area contributed by atoms with E-state index in [4.69, 9.17) is 30.5 Å². The van der Waals surface area contributed by atoms with Crippen LogP contribution < -0.4 is 25.7 Å². The molecule has 1 aromatic carbocycles. The van der Waals surface area contributed by atoms with Crippen LogP contribution >= 0.6 is 0 Å². The molecular formula is C16H25N5O4. The van der Waals surface area contributed by atoms with Crippen molar-refractivity contribution in [3.63, 3.8) is 0 Å². The molecule has 0 radical (unpaired) electrons. The smallest absolute Gasteiger partial charge is 0.226 e. The van der Waals surface area contributed by atoms with Gasteiger partial charge in [-0.3, -0.25) is 4.84 Å². The lowest BCUT2D eigenvalue weighted by atomic mass is 10.2. The fourth-order valence-electron chi connectivity index (χ4n) is 2.37. The number of aliphatic imine (C=N–C) groups is 2. The highest BCUT2D eigenvalue weighted by Crippen LogP contribution is 2.36. The molecule has 0 aliphatic carbocycles. The lowest BCUT2D eigenvalue weighted by molar-refractivity contribution is -0.158. The van der Waals surface area contributed by atoms with E-state index in [-0.39, 0.29) is 11.9 Å². The number of nitrogens with two attached hydrogens (primary N) is 2. The van der Waals surface area contributed by atoms with Gasteiger partial charge < -0.3 is 25.7 Å². The monoisotopic (exact) mass is 351 g/mol. The number of nitrogens with zero attached hydrogens (tertiary/aromatic N) is 3. The van der Waals surface area contributed by atoms with Crippen LogP contribution in [0.25, 0.3) is 0 Å². The van der Waals surface area contributed by atoms with Crippen molar-refractivity contribution in [3.8, 4) is 17.2 Å². The zero-order chi connectivity index (χ0) is 18.4. The molecule has 25 heavy (non-hydrogen) atoms. The summed E-state index contributed by atoms with van der Waals surface area (Å²) in [6.07, 6.45) is 0.611. The van der Waals surface area contributed by atoms with Gasteiger partial charge in [0.2, 0.25) is 17.7 Å². The highest BCUT2D eigenvalue weighted by Gasteiger charge is 2.32. The molecule has 138 valence electrons. The normalized spacial score (nSPS) is 16.1. The van der Waals surface area contributed by atoms with Crippen molar-refractivity contribution in [3.05, 3.63) is 18.2 Å². The predicted molar refractivity (Wildman–Crippen MR) is 94.8 cm³/mol. The van der Waals surface area contributed by atoms with Gasteiger partial charge in [0.25, 0.3) is 0 Å². The van der Waals surface area contributed by atoms with Gasteiger partial charge in [0, 0.05) is 6.42 Å². The fourth-order valence-corrected chi connectivity index (χ4v) is 2.37. The summed E-state index contributed by atoms with van der Waals surface area (Å²) in [6.45, 7) is 4.44. The van der Waals surface area contributed by atoms with Gasteiger partial charge in [-0.05, 0) is 26.0 Å². The second-order valence-electron chi connectivity index (χ2n) is 5.76. The zero-order valence-corrected chi connectivity index (χ0v) is 15.0. The maximum atomic E-state index is 5.85. The molecule has 0 aromatic heterocycles. The molecule has 0 spiro atoms. The van der Waals surface area contributed by atoms with Crippen molar-refractivity contribution < 1.29 is 19.0 Å². The minimum atomic E-state index is -0.720. The Labute approximate surface area is 147 Å². The van der Waals surface area contributed by atoms with Gasteiger partial charge >= 0.3 is 0 Å². The van der Waals surface area contributed by atoms with Gasteiger partial charge in [-0.2, -0.15) is 10.1 Å². The summed E-state index contributed by atoms with van der Waals surface area (Å²) in [5, 5.41) is 1.44. The minimum Gasteiger partial charge on any atom is -0.493 e. The number of methoxy groups -OCH3 is 2. The Morgan fingerprint density at radius 3 is 2.28 bits per heavy atom. The number of benzene rings is 1. The summed E-state index contributed by atoms with van der Waals surface area (Å²) >= 11 is 0. The average Bonchev–Trinajstić information content (AvgIpc) is 2.55. The van der Waals surface area contributed by atoms with Crippen molar-refractivity contribution in [2.75, 3.05) is 27.4 Å². The zero-order valence-electron chi connectivity index (χ0n) is 15.0. The molecule has 0 atom stereocenters. The molecule has 9 nitrogen and oxygen atoms in total. The number of hydroxylamine groups is 2. The molecule has 1 aliphatic rings. The van der Waals surface area contributed by atoms with Crippen LogP contribution in [-0.2, 0) is 4.84 Å². The summed E-state index contributed by atoms with van der Waals surface area (Å²) in [5.74, 6) is 2.08. The first-order valence-electron chi connectivity index (χ1n) is 7.85. The van der Waals surface area contributed by atoms with Crippen molar-refractivity contribution in [1.29, 1.82) is 0 Å². The third-order valence-electron chi connectivity index (χ3n) is 3.46. The standard InChI is InChI=1S/C16H25N5O4/c1-16(2)20-14(17)19-15(18)21(16)25-10-6-9-24-13-11(22-3)7-5-8-12(13)23-4/h5,7-8H,6,9-10H2,1-4H3,(H4,17,18,19,20). The molecule has 0 amide bonds. The Bertz CT molecular complexity index is 638. The molecular weight excluding hydrogens is 326 g/mol. The van der Waals surface area contributed by atoms with Gasteiger partial charge in [0.1, 0.15) is 0 Å². The van der Waals surface area contributed by atoms with Gasteiger partial charge in [-0.1, -0.05) is 6.07 Å². The van der Waals surface area contributed by atoms with E-state index >= 15 is 0 Å². The summed E-state index contributed by atoms with van der Waals surface area (Å²) in [6, 6.07) is 5.45. The van der Waals surface area contributed by atoms with E-state index in [2.05, 4.69) is 9.98 Å². The molecule has 2 rings (SSSR count). The summed E-state index contributed by atoms with van der Waals surface area (Å²) in [4.78, 5) is 13.8. The SMILES string of the molecule is COc1cccc(OC)c1OCCCON1C(N)=NC(N)=NC1(C)C. The minimum absolute atomic E-state index is 0.133. The molecule has 1 aromatic rings. The number of hydrogen-bond acceptors (Lipinski definition) is 9. The summed E-state index contributed by atoms with van der Waals surface area (Å²) in [7, 11) is 3.16. The molecule has 0 bridgehead atoms. The van der Waals surface area contributed by atoms with E-state index in [0.29, 0.717) is 36.9 Å². The number of hydrogen-bond donors (Lipinski definition) is 2. The molecule has 0 saturated carbocycles. The summed E-state index contributed by atoms with van der Waals surface area (Å²) in [5.41, 5.74) is 10.7.